The molecule has 1 saturated heterocycles. The third-order valence-corrected chi connectivity index (χ3v) is 7.40. The number of thioether (sulfide) groups is 1. The Morgan fingerprint density at radius 3 is 2.26 bits per heavy atom. The monoisotopic (exact) mass is 458 g/mol. The average Bonchev–Trinajstić information content (AvgIpc) is 3.16. The molecule has 9 heteroatoms. The van der Waals surface area contributed by atoms with E-state index in [0.29, 0.717) is 22.9 Å². The first-order chi connectivity index (χ1) is 14.9. The first-order valence-corrected chi connectivity index (χ1v) is 11.9. The molecule has 0 aromatic heterocycles. The van der Waals surface area contributed by atoms with Gasteiger partial charge in [-0.1, -0.05) is 12.1 Å². The van der Waals surface area contributed by atoms with Gasteiger partial charge in [0.25, 0.3) is 10.0 Å². The van der Waals surface area contributed by atoms with E-state index in [1.165, 1.54) is 43.1 Å². The summed E-state index contributed by atoms with van der Waals surface area (Å²) >= 11 is 1.46. The number of hydrogen-bond donors (Lipinski definition) is 1. The second-order valence-electron chi connectivity index (χ2n) is 6.81. The zero-order valence-corrected chi connectivity index (χ0v) is 18.1. The number of anilines is 2. The summed E-state index contributed by atoms with van der Waals surface area (Å²) in [7, 11) is -2.24. The van der Waals surface area contributed by atoms with Gasteiger partial charge in [0.1, 0.15) is 16.9 Å². The number of hydrogen-bond acceptors (Lipinski definition) is 5. The van der Waals surface area contributed by atoms with Gasteiger partial charge >= 0.3 is 0 Å². The Kier molecular flexibility index (Phi) is 5.88. The fraction of sp³-hybridized carbons (Fsp3) is 0.136. The van der Waals surface area contributed by atoms with Crippen LogP contribution in [0, 0.1) is 5.82 Å². The predicted octanol–water partition coefficient (Wildman–Crippen LogP) is 4.41. The summed E-state index contributed by atoms with van der Waals surface area (Å²) in [6.07, 6.45) is 0. The molecule has 160 valence electrons. The molecular weight excluding hydrogens is 439 g/mol. The molecular formula is C22H19FN2O4S2. The van der Waals surface area contributed by atoms with Crippen molar-refractivity contribution in [2.75, 3.05) is 22.5 Å². The molecule has 1 amide bonds. The van der Waals surface area contributed by atoms with Crippen molar-refractivity contribution in [3.63, 3.8) is 0 Å². The lowest BCUT2D eigenvalue weighted by molar-refractivity contribution is -0.115. The van der Waals surface area contributed by atoms with Gasteiger partial charge in [-0.25, -0.2) is 12.8 Å². The number of nitrogens with one attached hydrogen (secondary N) is 1. The van der Waals surface area contributed by atoms with Gasteiger partial charge < -0.3 is 4.74 Å². The van der Waals surface area contributed by atoms with Crippen molar-refractivity contribution in [3.8, 4) is 5.75 Å². The van der Waals surface area contributed by atoms with E-state index in [9.17, 15) is 17.6 Å². The first kappa shape index (κ1) is 21.2. The minimum absolute atomic E-state index is 0.0640. The van der Waals surface area contributed by atoms with Crippen LogP contribution in [0.1, 0.15) is 10.9 Å². The highest BCUT2D eigenvalue weighted by atomic mass is 32.2. The molecule has 1 aliphatic heterocycles. The summed E-state index contributed by atoms with van der Waals surface area (Å²) in [5, 5.41) is -0.273. The molecule has 1 atom stereocenters. The first-order valence-electron chi connectivity index (χ1n) is 9.33. The molecule has 3 aromatic rings. The molecule has 0 radical (unpaired) electrons. The summed E-state index contributed by atoms with van der Waals surface area (Å²) in [4.78, 5) is 14.2. The second-order valence-corrected chi connectivity index (χ2v) is 9.56. The molecule has 3 aromatic carbocycles. The number of halogens is 1. The van der Waals surface area contributed by atoms with Crippen molar-refractivity contribution in [1.29, 1.82) is 0 Å². The van der Waals surface area contributed by atoms with Crippen LogP contribution in [0.4, 0.5) is 15.8 Å². The second kappa shape index (κ2) is 8.60. The molecule has 31 heavy (non-hydrogen) atoms. The lowest BCUT2D eigenvalue weighted by Gasteiger charge is -2.24. The molecule has 0 saturated carbocycles. The van der Waals surface area contributed by atoms with Gasteiger partial charge in [-0.05, 0) is 66.2 Å². The van der Waals surface area contributed by atoms with Crippen LogP contribution in [0.15, 0.2) is 77.7 Å². The third-order valence-electron chi connectivity index (χ3n) is 4.79. The van der Waals surface area contributed by atoms with Gasteiger partial charge in [-0.2, -0.15) is 0 Å². The number of methoxy groups -OCH3 is 1. The molecule has 0 unspecified atom stereocenters. The van der Waals surface area contributed by atoms with Crippen LogP contribution >= 0.6 is 11.8 Å². The minimum atomic E-state index is -3.75. The summed E-state index contributed by atoms with van der Waals surface area (Å²) < 4.78 is 46.1. The number of benzene rings is 3. The predicted molar refractivity (Wildman–Crippen MR) is 119 cm³/mol. The topological polar surface area (TPSA) is 75.7 Å². The quantitative estimate of drug-likeness (QED) is 0.592. The van der Waals surface area contributed by atoms with Gasteiger partial charge in [0.15, 0.2) is 0 Å². The van der Waals surface area contributed by atoms with E-state index in [0.717, 1.165) is 5.56 Å². The maximum Gasteiger partial charge on any atom is 0.261 e. The largest absolute Gasteiger partial charge is 0.497 e. The number of ether oxygens (including phenoxy) is 1. The maximum absolute atomic E-state index is 13.3. The summed E-state index contributed by atoms with van der Waals surface area (Å²) in [6.45, 7) is 0. The zero-order valence-electron chi connectivity index (χ0n) is 16.5. The number of amides is 1. The molecule has 1 heterocycles. The molecule has 0 aliphatic carbocycles. The van der Waals surface area contributed by atoms with Gasteiger partial charge in [-0.3, -0.25) is 14.4 Å². The van der Waals surface area contributed by atoms with Crippen LogP contribution < -0.4 is 14.4 Å². The van der Waals surface area contributed by atoms with Crippen LogP contribution in [0.2, 0.25) is 0 Å². The van der Waals surface area contributed by atoms with Crippen molar-refractivity contribution < 1.29 is 22.3 Å². The van der Waals surface area contributed by atoms with Crippen LogP contribution in [-0.2, 0) is 14.8 Å². The van der Waals surface area contributed by atoms with Gasteiger partial charge in [0.2, 0.25) is 5.91 Å². The molecule has 6 nitrogen and oxygen atoms in total. The smallest absolute Gasteiger partial charge is 0.261 e. The highest BCUT2D eigenvalue weighted by Crippen LogP contribution is 2.42. The van der Waals surface area contributed by atoms with E-state index in [1.807, 2.05) is 0 Å². The van der Waals surface area contributed by atoms with Crippen LogP contribution in [0.5, 0.6) is 5.75 Å². The normalized spacial score (nSPS) is 16.4. The summed E-state index contributed by atoms with van der Waals surface area (Å²) in [5.74, 6) is 0.449. The van der Waals surface area contributed by atoms with Gasteiger partial charge in [0.05, 0.1) is 17.8 Å². The van der Waals surface area contributed by atoms with E-state index in [1.54, 1.807) is 53.4 Å². The highest BCUT2D eigenvalue weighted by molar-refractivity contribution is 8.00. The van der Waals surface area contributed by atoms with Crippen molar-refractivity contribution in [2.45, 2.75) is 10.3 Å². The van der Waals surface area contributed by atoms with E-state index < -0.39 is 10.0 Å². The van der Waals surface area contributed by atoms with E-state index in [4.69, 9.17) is 4.74 Å². The number of sulfonamides is 1. The van der Waals surface area contributed by atoms with Crippen molar-refractivity contribution in [1.82, 2.24) is 0 Å². The number of nitrogens with zero attached hydrogens (tertiary/aromatic N) is 1. The van der Waals surface area contributed by atoms with Crippen molar-refractivity contribution >= 4 is 39.1 Å². The lowest BCUT2D eigenvalue weighted by atomic mass is 10.1. The standard InChI is InChI=1S/C22H19FN2O4S2/c1-29-19-10-12-20(13-11-19)31(27,28)24-17-6-2-15(3-7-17)22-25(21(26)14-30-22)18-8-4-16(23)5-9-18/h2-13,22,24H,14H2,1H3/t22-/m0/s1. The summed E-state index contributed by atoms with van der Waals surface area (Å²) in [5.41, 5.74) is 1.86. The lowest BCUT2D eigenvalue weighted by Crippen LogP contribution is -2.27. The Labute approximate surface area is 184 Å². The van der Waals surface area contributed by atoms with E-state index in [-0.39, 0.29) is 22.0 Å². The third kappa shape index (κ3) is 4.52. The molecule has 1 aliphatic rings. The zero-order chi connectivity index (χ0) is 22.0. The van der Waals surface area contributed by atoms with Crippen LogP contribution in [-0.4, -0.2) is 27.2 Å². The van der Waals surface area contributed by atoms with Gasteiger partial charge in [-0.15, -0.1) is 11.8 Å². The number of rotatable bonds is 6. The Balaban J connectivity index is 1.53. The SMILES string of the molecule is COc1ccc(S(=O)(=O)Nc2ccc([C@@H]3SCC(=O)N3c3ccc(F)cc3)cc2)cc1. The number of carbonyl (C=O) groups excluding carboxylic acids is 1. The average molecular weight is 459 g/mol. The minimum Gasteiger partial charge on any atom is -0.497 e. The molecule has 1 N–H and O–H groups in total. The maximum atomic E-state index is 13.3. The van der Waals surface area contributed by atoms with E-state index in [2.05, 4.69) is 4.72 Å². The van der Waals surface area contributed by atoms with Crippen molar-refractivity contribution in [2.24, 2.45) is 0 Å². The molecule has 0 spiro atoms. The highest BCUT2D eigenvalue weighted by Gasteiger charge is 2.34. The molecule has 0 bridgehead atoms. The Morgan fingerprint density at radius 2 is 1.65 bits per heavy atom. The Morgan fingerprint density at radius 1 is 1.00 bits per heavy atom. The molecule has 4 rings (SSSR count). The van der Waals surface area contributed by atoms with Crippen LogP contribution in [0.3, 0.4) is 0 Å². The Hall–Kier alpha value is -3.04. The Bertz CT molecular complexity index is 1180. The number of carbonyl (C=O) groups is 1. The summed E-state index contributed by atoms with van der Waals surface area (Å²) in [6, 6.07) is 18.7. The van der Waals surface area contributed by atoms with E-state index >= 15 is 0 Å². The van der Waals surface area contributed by atoms with Gasteiger partial charge in [0, 0.05) is 11.4 Å². The molecule has 1 fully saturated rings. The fourth-order valence-corrected chi connectivity index (χ4v) is 5.47. The van der Waals surface area contributed by atoms with Crippen molar-refractivity contribution in [3.05, 3.63) is 84.2 Å². The fourth-order valence-electron chi connectivity index (χ4n) is 3.24. The van der Waals surface area contributed by atoms with Crippen LogP contribution in [0.25, 0.3) is 0 Å².